The number of nitrogens with one attached hydrogen (secondary N) is 1. The molecule has 0 saturated heterocycles. The summed E-state index contributed by atoms with van der Waals surface area (Å²) in [6, 6.07) is 8.65. The van der Waals surface area contributed by atoms with Gasteiger partial charge >= 0.3 is 0 Å². The molecule has 0 radical (unpaired) electrons. The van der Waals surface area contributed by atoms with E-state index in [4.69, 9.17) is 0 Å². The number of ketones is 1. The summed E-state index contributed by atoms with van der Waals surface area (Å²) >= 11 is 2.66. The lowest BCUT2D eigenvalue weighted by Gasteiger charge is -2.08. The van der Waals surface area contributed by atoms with Crippen LogP contribution in [0, 0.1) is 0 Å². The Hall–Kier alpha value is -2.45. The van der Waals surface area contributed by atoms with Crippen LogP contribution < -0.4 is 10.9 Å². The van der Waals surface area contributed by atoms with Crippen molar-refractivity contribution in [3.63, 3.8) is 0 Å². The van der Waals surface area contributed by atoms with E-state index >= 15 is 0 Å². The van der Waals surface area contributed by atoms with Gasteiger partial charge in [-0.15, -0.1) is 11.3 Å². The lowest BCUT2D eigenvalue weighted by atomic mass is 10.1. The molecule has 1 N–H and O–H groups in total. The topological polar surface area (TPSA) is 81.1 Å². The summed E-state index contributed by atoms with van der Waals surface area (Å²) in [6.07, 6.45) is 3.50. The van der Waals surface area contributed by atoms with Gasteiger partial charge in [-0.1, -0.05) is 31.5 Å². The molecule has 0 unspecified atom stereocenters. The van der Waals surface area contributed by atoms with Crippen molar-refractivity contribution in [3.05, 3.63) is 51.6 Å². The summed E-state index contributed by atoms with van der Waals surface area (Å²) in [5.41, 5.74) is 1.14. The van der Waals surface area contributed by atoms with Crippen molar-refractivity contribution in [2.24, 2.45) is 7.05 Å². The molecular weight excluding hydrogens is 406 g/mol. The molecule has 2 aromatic heterocycles. The molecule has 0 saturated carbocycles. The highest BCUT2D eigenvalue weighted by Crippen LogP contribution is 2.21. The second-order valence-corrected chi connectivity index (χ2v) is 8.53. The van der Waals surface area contributed by atoms with Crippen LogP contribution in [0.1, 0.15) is 43.0 Å². The minimum Gasteiger partial charge on any atom is -0.326 e. The molecule has 0 aliphatic heterocycles. The third-order valence-corrected chi connectivity index (χ3v) is 6.33. The Labute approximate surface area is 177 Å². The molecule has 3 rings (SSSR count). The minimum atomic E-state index is -0.106. The van der Waals surface area contributed by atoms with E-state index in [-0.39, 0.29) is 23.0 Å². The van der Waals surface area contributed by atoms with Crippen LogP contribution in [0.2, 0.25) is 0 Å². The second kappa shape index (κ2) is 9.84. The molecule has 2 heterocycles. The number of Topliss-reactive ketones (excluding diaryl/α,β-unsaturated/α-hetero) is 1. The number of amides is 1. The van der Waals surface area contributed by atoms with Crippen LogP contribution in [0.25, 0.3) is 10.2 Å². The number of fused-ring (bicyclic) bond motifs is 1. The molecule has 1 aromatic carbocycles. The smallest absolute Gasteiger partial charge is 0.262 e. The number of hydrogen-bond acceptors (Lipinski definition) is 6. The number of aromatic nitrogens is 2. The summed E-state index contributed by atoms with van der Waals surface area (Å²) in [6.45, 7) is 2.10. The van der Waals surface area contributed by atoms with Gasteiger partial charge in [-0.05, 0) is 42.1 Å². The fraction of sp³-hybridized carbons (Fsp3) is 0.333. The first-order chi connectivity index (χ1) is 14.0. The first kappa shape index (κ1) is 21.3. The van der Waals surface area contributed by atoms with Gasteiger partial charge in [0.05, 0.1) is 11.1 Å². The average Bonchev–Trinajstić information content (AvgIpc) is 3.19. The maximum Gasteiger partial charge on any atom is 0.262 e. The van der Waals surface area contributed by atoms with Gasteiger partial charge in [-0.3, -0.25) is 19.0 Å². The molecule has 1 amide bonds. The van der Waals surface area contributed by atoms with Crippen molar-refractivity contribution >= 4 is 50.7 Å². The van der Waals surface area contributed by atoms with Crippen LogP contribution in [0.3, 0.4) is 0 Å². The van der Waals surface area contributed by atoms with E-state index < -0.39 is 0 Å². The molecule has 0 spiro atoms. The van der Waals surface area contributed by atoms with Crippen molar-refractivity contribution in [2.75, 3.05) is 11.1 Å². The predicted molar refractivity (Wildman–Crippen MR) is 119 cm³/mol. The van der Waals surface area contributed by atoms with E-state index in [2.05, 4.69) is 17.2 Å². The molecule has 0 aliphatic carbocycles. The van der Waals surface area contributed by atoms with Gasteiger partial charge in [0.15, 0.2) is 10.9 Å². The zero-order valence-electron chi connectivity index (χ0n) is 16.4. The molecule has 0 atom stereocenters. The third kappa shape index (κ3) is 5.33. The number of rotatable bonds is 9. The van der Waals surface area contributed by atoms with Gasteiger partial charge in [0, 0.05) is 24.7 Å². The molecule has 8 heteroatoms. The Morgan fingerprint density at radius 1 is 1.17 bits per heavy atom. The molecule has 6 nitrogen and oxygen atoms in total. The Bertz CT molecular complexity index is 1070. The van der Waals surface area contributed by atoms with E-state index in [1.54, 1.807) is 37.4 Å². The molecule has 0 bridgehead atoms. The van der Waals surface area contributed by atoms with Crippen LogP contribution >= 0.6 is 23.1 Å². The number of hydrogen-bond donors (Lipinski definition) is 1. The van der Waals surface area contributed by atoms with Crippen LogP contribution in [-0.2, 0) is 11.8 Å². The fourth-order valence-electron chi connectivity index (χ4n) is 2.82. The van der Waals surface area contributed by atoms with Crippen LogP contribution in [0.4, 0.5) is 5.69 Å². The molecule has 3 aromatic rings. The van der Waals surface area contributed by atoms with Crippen molar-refractivity contribution < 1.29 is 9.59 Å². The zero-order valence-corrected chi connectivity index (χ0v) is 18.1. The summed E-state index contributed by atoms with van der Waals surface area (Å²) in [5, 5.41) is 5.81. The Kier molecular flexibility index (Phi) is 7.22. The van der Waals surface area contributed by atoms with Gasteiger partial charge in [-0.25, -0.2) is 4.98 Å². The van der Waals surface area contributed by atoms with Gasteiger partial charge in [0.1, 0.15) is 4.83 Å². The van der Waals surface area contributed by atoms with E-state index in [1.165, 1.54) is 27.7 Å². The van der Waals surface area contributed by atoms with Crippen LogP contribution in [0.5, 0.6) is 0 Å². The fourth-order valence-corrected chi connectivity index (χ4v) is 4.49. The van der Waals surface area contributed by atoms with E-state index in [9.17, 15) is 14.4 Å². The number of thioether (sulfide) groups is 1. The predicted octanol–water partition coefficient (Wildman–Crippen LogP) is 4.49. The Morgan fingerprint density at radius 2 is 1.93 bits per heavy atom. The monoisotopic (exact) mass is 429 g/mol. The van der Waals surface area contributed by atoms with Crippen molar-refractivity contribution in [1.82, 2.24) is 9.55 Å². The minimum absolute atomic E-state index is 0.0101. The number of thiophene rings is 1. The third-order valence-electron chi connectivity index (χ3n) is 4.49. The average molecular weight is 430 g/mol. The number of benzene rings is 1. The number of carbonyl (C=O) groups is 2. The normalized spacial score (nSPS) is 11.0. The number of carbonyl (C=O) groups excluding carboxylic acids is 2. The van der Waals surface area contributed by atoms with Crippen molar-refractivity contribution in [1.29, 1.82) is 0 Å². The van der Waals surface area contributed by atoms with Crippen molar-refractivity contribution in [3.8, 4) is 0 Å². The zero-order chi connectivity index (χ0) is 20.8. The second-order valence-electron chi connectivity index (χ2n) is 6.69. The maximum absolute atomic E-state index is 12.5. The standard InChI is InChI=1S/C21H23N3O3S2/c1-3-4-5-6-18(26)22-15-9-7-14(8-10-15)17(25)13-29-21-23-19-16(11-12-28-19)20(27)24(21)2/h7-12H,3-6,13H2,1-2H3,(H,22,26). The molecule has 152 valence electrons. The highest BCUT2D eigenvalue weighted by Gasteiger charge is 2.13. The number of unbranched alkanes of at least 4 members (excludes halogenated alkanes) is 2. The molecule has 29 heavy (non-hydrogen) atoms. The highest BCUT2D eigenvalue weighted by molar-refractivity contribution is 7.99. The lowest BCUT2D eigenvalue weighted by Crippen LogP contribution is -2.19. The summed E-state index contributed by atoms with van der Waals surface area (Å²) in [5.74, 6) is 0.111. The van der Waals surface area contributed by atoms with Gasteiger partial charge in [0.2, 0.25) is 5.91 Å². The maximum atomic E-state index is 12.5. The van der Waals surface area contributed by atoms with E-state index in [0.29, 0.717) is 33.0 Å². The summed E-state index contributed by atoms with van der Waals surface area (Å²) in [7, 11) is 1.66. The molecule has 0 fully saturated rings. The molecule has 0 aliphatic rings. The quantitative estimate of drug-likeness (QED) is 0.235. The lowest BCUT2D eigenvalue weighted by molar-refractivity contribution is -0.116. The van der Waals surface area contributed by atoms with Crippen LogP contribution in [0.15, 0.2) is 45.7 Å². The summed E-state index contributed by atoms with van der Waals surface area (Å²) < 4.78 is 1.48. The van der Waals surface area contributed by atoms with E-state index in [0.717, 1.165) is 19.3 Å². The largest absolute Gasteiger partial charge is 0.326 e. The van der Waals surface area contributed by atoms with Gasteiger partial charge in [-0.2, -0.15) is 0 Å². The SMILES string of the molecule is CCCCCC(=O)Nc1ccc(C(=O)CSc2nc3sccc3c(=O)n2C)cc1. The van der Waals surface area contributed by atoms with Crippen molar-refractivity contribution in [2.45, 2.75) is 37.8 Å². The Morgan fingerprint density at radius 3 is 2.66 bits per heavy atom. The Balaban J connectivity index is 1.59. The number of nitrogens with zero attached hydrogens (tertiary/aromatic N) is 2. The van der Waals surface area contributed by atoms with Gasteiger partial charge < -0.3 is 5.32 Å². The van der Waals surface area contributed by atoms with E-state index in [1.807, 2.05) is 5.38 Å². The van der Waals surface area contributed by atoms with Crippen LogP contribution in [-0.4, -0.2) is 27.0 Å². The van der Waals surface area contributed by atoms with Gasteiger partial charge in [0.25, 0.3) is 5.56 Å². The molecular formula is C21H23N3O3S2. The summed E-state index contributed by atoms with van der Waals surface area (Å²) in [4.78, 5) is 41.9. The highest BCUT2D eigenvalue weighted by atomic mass is 32.2. The first-order valence-electron chi connectivity index (χ1n) is 9.49. The first-order valence-corrected chi connectivity index (χ1v) is 11.4. The number of anilines is 1.